The highest BCUT2D eigenvalue weighted by Crippen LogP contribution is 2.38. The molecule has 1 fully saturated rings. The molecule has 1 aliphatic heterocycles. The van der Waals surface area contributed by atoms with Crippen molar-refractivity contribution in [1.82, 2.24) is 0 Å². The van der Waals surface area contributed by atoms with Crippen molar-refractivity contribution in [3.8, 4) is 11.5 Å². The van der Waals surface area contributed by atoms with E-state index in [0.29, 0.717) is 35.2 Å². The molecule has 0 atom stereocenters. The fraction of sp³-hybridized carbons (Fsp3) is 0.333. The summed E-state index contributed by atoms with van der Waals surface area (Å²) < 4.78 is 26.0. The lowest BCUT2D eigenvalue weighted by Crippen LogP contribution is -2.29. The largest absolute Gasteiger partial charge is 0.490 e. The first-order valence-corrected chi connectivity index (χ1v) is 13.3. The van der Waals surface area contributed by atoms with Crippen LogP contribution in [0.15, 0.2) is 53.0 Å². The molecule has 1 N–H and O–H groups in total. The lowest BCUT2D eigenvalue weighted by atomic mass is 10.1. The summed E-state index contributed by atoms with van der Waals surface area (Å²) in [5.41, 5.74) is 3.76. The molecule has 4 rings (SSSR count). The standard InChI is InChI=1S/C27H28BrCl2FN2O2/c1-2-34-26-13-18(12-22(28)27(26)35-17-19-6-7-20(31)14-23(19)29)16-32-21-8-9-25(24(30)15-21)33-10-4-3-5-11-33/h6-9,12-15,32H,2-5,10-11,16-17H2,1H3. The lowest BCUT2D eigenvalue weighted by Gasteiger charge is -2.29. The van der Waals surface area contributed by atoms with Crippen LogP contribution >= 0.6 is 39.1 Å². The van der Waals surface area contributed by atoms with E-state index in [2.05, 4.69) is 38.3 Å². The minimum atomic E-state index is -0.380. The second-order valence-electron chi connectivity index (χ2n) is 8.43. The zero-order chi connectivity index (χ0) is 24.8. The summed E-state index contributed by atoms with van der Waals surface area (Å²) in [5, 5.41) is 4.53. The maximum atomic E-state index is 13.3. The van der Waals surface area contributed by atoms with Gasteiger partial charge in [0.1, 0.15) is 12.4 Å². The predicted octanol–water partition coefficient (Wildman–Crippen LogP) is 8.48. The van der Waals surface area contributed by atoms with Gasteiger partial charge in [0, 0.05) is 30.9 Å². The van der Waals surface area contributed by atoms with E-state index in [1.165, 1.54) is 31.4 Å². The Kier molecular flexibility index (Phi) is 9.04. The monoisotopic (exact) mass is 580 g/mol. The SMILES string of the molecule is CCOc1cc(CNc2ccc(N3CCCCC3)c(Cl)c2)cc(Br)c1OCc1ccc(F)cc1Cl. The molecule has 4 nitrogen and oxygen atoms in total. The van der Waals surface area contributed by atoms with Crippen LogP contribution in [0.5, 0.6) is 11.5 Å². The Morgan fingerprint density at radius 1 is 0.971 bits per heavy atom. The number of hydrogen-bond acceptors (Lipinski definition) is 4. The van der Waals surface area contributed by atoms with Crippen LogP contribution in [0.1, 0.15) is 37.3 Å². The Morgan fingerprint density at radius 3 is 2.49 bits per heavy atom. The van der Waals surface area contributed by atoms with E-state index in [9.17, 15) is 4.39 Å². The second-order valence-corrected chi connectivity index (χ2v) is 10.1. The van der Waals surface area contributed by atoms with Gasteiger partial charge in [-0.2, -0.15) is 0 Å². The number of rotatable bonds is 9. The van der Waals surface area contributed by atoms with Crippen LogP contribution in [0.4, 0.5) is 15.8 Å². The lowest BCUT2D eigenvalue weighted by molar-refractivity contribution is 0.267. The number of hydrogen-bond donors (Lipinski definition) is 1. The van der Waals surface area contributed by atoms with Gasteiger partial charge in [-0.1, -0.05) is 29.3 Å². The van der Waals surface area contributed by atoms with Crippen LogP contribution in [0, 0.1) is 5.82 Å². The van der Waals surface area contributed by atoms with Crippen LogP contribution < -0.4 is 19.7 Å². The summed E-state index contributed by atoms with van der Waals surface area (Å²) in [6, 6.07) is 14.3. The third kappa shape index (κ3) is 6.75. The van der Waals surface area contributed by atoms with Crippen LogP contribution in [-0.4, -0.2) is 19.7 Å². The minimum absolute atomic E-state index is 0.192. The van der Waals surface area contributed by atoms with E-state index < -0.39 is 0 Å². The van der Waals surface area contributed by atoms with E-state index in [1.807, 2.05) is 25.1 Å². The maximum absolute atomic E-state index is 13.3. The fourth-order valence-corrected chi connectivity index (χ4v) is 5.25. The fourth-order valence-electron chi connectivity index (χ4n) is 4.13. The van der Waals surface area contributed by atoms with Crippen molar-refractivity contribution in [2.24, 2.45) is 0 Å². The summed E-state index contributed by atoms with van der Waals surface area (Å²) in [4.78, 5) is 2.36. The molecule has 0 saturated carbocycles. The smallest absolute Gasteiger partial charge is 0.175 e. The molecule has 3 aromatic carbocycles. The highest BCUT2D eigenvalue weighted by molar-refractivity contribution is 9.10. The molecule has 35 heavy (non-hydrogen) atoms. The molecular weight excluding hydrogens is 554 g/mol. The molecule has 0 spiro atoms. The van der Waals surface area contributed by atoms with Gasteiger partial charge in [-0.25, -0.2) is 4.39 Å². The van der Waals surface area contributed by atoms with E-state index in [-0.39, 0.29) is 12.4 Å². The van der Waals surface area contributed by atoms with Gasteiger partial charge < -0.3 is 19.7 Å². The van der Waals surface area contributed by atoms with E-state index >= 15 is 0 Å². The first-order chi connectivity index (χ1) is 16.9. The topological polar surface area (TPSA) is 33.7 Å². The normalized spacial score (nSPS) is 13.6. The van der Waals surface area contributed by atoms with E-state index in [1.54, 1.807) is 6.07 Å². The van der Waals surface area contributed by atoms with Gasteiger partial charge in [-0.05, 0) is 90.1 Å². The molecule has 0 radical (unpaired) electrons. The molecule has 186 valence electrons. The third-order valence-electron chi connectivity index (χ3n) is 5.90. The van der Waals surface area contributed by atoms with Gasteiger partial charge in [0.05, 0.1) is 26.8 Å². The molecule has 0 aromatic heterocycles. The van der Waals surface area contributed by atoms with Crippen molar-refractivity contribution in [2.45, 2.75) is 39.3 Å². The number of halogens is 4. The molecule has 3 aromatic rings. The summed E-state index contributed by atoms with van der Waals surface area (Å²) >= 11 is 16.4. The number of benzene rings is 3. The minimum Gasteiger partial charge on any atom is -0.490 e. The molecule has 1 saturated heterocycles. The Morgan fingerprint density at radius 2 is 1.77 bits per heavy atom. The molecule has 1 aliphatic rings. The van der Waals surface area contributed by atoms with Crippen molar-refractivity contribution in [3.05, 3.63) is 80.0 Å². The molecule has 0 aliphatic carbocycles. The highest BCUT2D eigenvalue weighted by Gasteiger charge is 2.16. The van der Waals surface area contributed by atoms with Crippen LogP contribution in [-0.2, 0) is 13.2 Å². The number of piperidine rings is 1. The number of anilines is 2. The summed E-state index contributed by atoms with van der Waals surface area (Å²) in [5.74, 6) is 0.814. The molecule has 0 bridgehead atoms. The van der Waals surface area contributed by atoms with E-state index in [0.717, 1.165) is 39.5 Å². The van der Waals surface area contributed by atoms with Gasteiger partial charge in [0.15, 0.2) is 11.5 Å². The van der Waals surface area contributed by atoms with Gasteiger partial charge in [-0.15, -0.1) is 0 Å². The van der Waals surface area contributed by atoms with Crippen molar-refractivity contribution >= 4 is 50.5 Å². The predicted molar refractivity (Wildman–Crippen MR) is 146 cm³/mol. The molecule has 1 heterocycles. The van der Waals surface area contributed by atoms with Crippen molar-refractivity contribution in [2.75, 3.05) is 29.9 Å². The number of ether oxygens (including phenoxy) is 2. The summed E-state index contributed by atoms with van der Waals surface area (Å²) in [6.07, 6.45) is 3.71. The highest BCUT2D eigenvalue weighted by atomic mass is 79.9. The second kappa shape index (κ2) is 12.2. The molecule has 8 heteroatoms. The Labute approximate surface area is 224 Å². The Bertz CT molecular complexity index is 1170. The summed E-state index contributed by atoms with van der Waals surface area (Å²) in [6.45, 7) is 5.31. The van der Waals surface area contributed by atoms with Gasteiger partial charge in [0.25, 0.3) is 0 Å². The van der Waals surface area contributed by atoms with Crippen LogP contribution in [0.25, 0.3) is 0 Å². The maximum Gasteiger partial charge on any atom is 0.175 e. The van der Waals surface area contributed by atoms with Crippen molar-refractivity contribution in [3.63, 3.8) is 0 Å². The van der Waals surface area contributed by atoms with Crippen LogP contribution in [0.2, 0.25) is 10.0 Å². The first kappa shape index (κ1) is 25.9. The first-order valence-electron chi connectivity index (χ1n) is 11.7. The average Bonchev–Trinajstić information content (AvgIpc) is 2.84. The molecule has 0 unspecified atom stereocenters. The number of nitrogens with zero attached hydrogens (tertiary/aromatic N) is 1. The van der Waals surface area contributed by atoms with Crippen molar-refractivity contribution in [1.29, 1.82) is 0 Å². The van der Waals surface area contributed by atoms with Gasteiger partial charge >= 0.3 is 0 Å². The van der Waals surface area contributed by atoms with Crippen molar-refractivity contribution < 1.29 is 13.9 Å². The molecular formula is C27H28BrCl2FN2O2. The van der Waals surface area contributed by atoms with Gasteiger partial charge in [0.2, 0.25) is 0 Å². The summed E-state index contributed by atoms with van der Waals surface area (Å²) in [7, 11) is 0. The van der Waals surface area contributed by atoms with E-state index in [4.69, 9.17) is 32.7 Å². The van der Waals surface area contributed by atoms with Crippen LogP contribution in [0.3, 0.4) is 0 Å². The Balaban J connectivity index is 1.45. The Hall–Kier alpha value is -2.15. The number of nitrogens with one attached hydrogen (secondary N) is 1. The molecule has 0 amide bonds. The quantitative estimate of drug-likeness (QED) is 0.275. The zero-order valence-electron chi connectivity index (χ0n) is 19.6. The van der Waals surface area contributed by atoms with Gasteiger partial charge in [-0.3, -0.25) is 0 Å². The third-order valence-corrected chi connectivity index (χ3v) is 7.14. The average molecular weight is 582 g/mol. The zero-order valence-corrected chi connectivity index (χ0v) is 22.6.